The molecule has 3 aromatic rings. The van der Waals surface area contributed by atoms with Crippen molar-refractivity contribution in [1.29, 1.82) is 0 Å². The molecule has 232 valence electrons. The number of primary sulfonamides is 1. The molecule has 0 unspecified atom stereocenters. The number of aromatic nitrogens is 1. The van der Waals surface area contributed by atoms with Gasteiger partial charge in [0.05, 0.1) is 10.6 Å². The zero-order valence-corrected chi connectivity index (χ0v) is 26.5. The number of nitrogens with one attached hydrogen (secondary N) is 1. The van der Waals surface area contributed by atoms with E-state index in [0.717, 1.165) is 11.1 Å². The van der Waals surface area contributed by atoms with Gasteiger partial charge in [0.15, 0.2) is 0 Å². The first kappa shape index (κ1) is 34.1. The van der Waals surface area contributed by atoms with Crippen LogP contribution in [0.1, 0.15) is 49.4 Å². The lowest BCUT2D eigenvalue weighted by Gasteiger charge is -2.30. The quantitative estimate of drug-likeness (QED) is 0.249. The molecule has 43 heavy (non-hydrogen) atoms. The summed E-state index contributed by atoms with van der Waals surface area (Å²) in [6.45, 7) is 4.60. The van der Waals surface area contributed by atoms with E-state index in [-0.39, 0.29) is 37.4 Å². The predicted octanol–water partition coefficient (Wildman–Crippen LogP) is 3.71. The fourth-order valence-corrected chi connectivity index (χ4v) is 6.99. The molecule has 1 atom stereocenters. The number of pyridine rings is 1. The number of rotatable bonds is 14. The van der Waals surface area contributed by atoms with Gasteiger partial charge >= 0.3 is 5.97 Å². The summed E-state index contributed by atoms with van der Waals surface area (Å²) in [6, 6.07) is 13.2. The van der Waals surface area contributed by atoms with Crippen LogP contribution in [0.4, 0.5) is 0 Å². The van der Waals surface area contributed by atoms with Crippen molar-refractivity contribution in [3.63, 3.8) is 0 Å². The zero-order chi connectivity index (χ0) is 31.8. The molecule has 0 aliphatic rings. The van der Waals surface area contributed by atoms with E-state index in [0.29, 0.717) is 21.7 Å². The minimum Gasteiger partial charge on any atom is -0.461 e. The largest absolute Gasteiger partial charge is 0.461 e. The van der Waals surface area contributed by atoms with Crippen LogP contribution in [0, 0.1) is 6.92 Å². The Morgan fingerprint density at radius 3 is 2.53 bits per heavy atom. The van der Waals surface area contributed by atoms with E-state index in [1.807, 2.05) is 24.3 Å². The summed E-state index contributed by atoms with van der Waals surface area (Å²) in [4.78, 5) is 27.9. The maximum Gasteiger partial charge on any atom is 0.302 e. The van der Waals surface area contributed by atoms with Crippen molar-refractivity contribution >= 4 is 43.5 Å². The molecule has 0 aliphatic heterocycles. The number of carbonyl (C=O) groups is 2. The zero-order valence-electron chi connectivity index (χ0n) is 24.1. The summed E-state index contributed by atoms with van der Waals surface area (Å²) < 4.78 is 56.9. The number of ether oxygens (including phenoxy) is 1. The Bertz CT molecular complexity index is 1680. The number of nitrogens with two attached hydrogens (primary N) is 1. The van der Waals surface area contributed by atoms with Crippen LogP contribution in [-0.4, -0.2) is 56.8 Å². The number of benzene rings is 2. The molecule has 0 aliphatic carbocycles. The molecular formula is C29H35ClN4O7S2. The minimum atomic E-state index is -4.09. The van der Waals surface area contributed by atoms with Gasteiger partial charge in [-0.2, -0.15) is 4.31 Å². The van der Waals surface area contributed by atoms with Crippen LogP contribution in [0.25, 0.3) is 11.1 Å². The summed E-state index contributed by atoms with van der Waals surface area (Å²) in [5, 5.41) is 7.77. The molecule has 0 radical (unpaired) electrons. The van der Waals surface area contributed by atoms with E-state index in [1.54, 1.807) is 44.4 Å². The molecule has 2 aromatic carbocycles. The van der Waals surface area contributed by atoms with Crippen LogP contribution >= 0.6 is 11.6 Å². The van der Waals surface area contributed by atoms with Gasteiger partial charge in [-0.1, -0.05) is 35.9 Å². The highest BCUT2D eigenvalue weighted by atomic mass is 35.5. The second-order valence-electron chi connectivity index (χ2n) is 9.91. The predicted molar refractivity (Wildman–Crippen MR) is 164 cm³/mol. The fraction of sp³-hybridized carbons (Fsp3) is 0.345. The third-order valence-electron chi connectivity index (χ3n) is 6.74. The van der Waals surface area contributed by atoms with Crippen molar-refractivity contribution in [3.8, 4) is 11.1 Å². The molecule has 14 heteroatoms. The third kappa shape index (κ3) is 9.57. The van der Waals surface area contributed by atoms with E-state index in [1.165, 1.54) is 17.3 Å². The smallest absolute Gasteiger partial charge is 0.302 e. The van der Waals surface area contributed by atoms with Gasteiger partial charge < -0.3 is 10.1 Å². The van der Waals surface area contributed by atoms with Gasteiger partial charge in [0, 0.05) is 55.5 Å². The number of hydrogen-bond donors (Lipinski definition) is 2. The molecule has 0 bridgehead atoms. The van der Waals surface area contributed by atoms with Crippen molar-refractivity contribution in [2.24, 2.45) is 5.14 Å². The third-order valence-corrected chi connectivity index (χ3v) is 10.0. The molecular weight excluding hydrogens is 616 g/mol. The van der Waals surface area contributed by atoms with Crippen molar-refractivity contribution in [2.45, 2.75) is 51.2 Å². The number of amides is 1. The molecule has 1 heterocycles. The molecule has 0 fully saturated rings. The molecule has 0 spiro atoms. The van der Waals surface area contributed by atoms with Crippen molar-refractivity contribution < 1.29 is 31.2 Å². The van der Waals surface area contributed by atoms with Crippen molar-refractivity contribution in [3.05, 3.63) is 82.6 Å². The van der Waals surface area contributed by atoms with Gasteiger partial charge in [-0.25, -0.2) is 22.0 Å². The first-order valence-corrected chi connectivity index (χ1v) is 16.9. The SMILES string of the molecule is CC(=O)OCc1cnccc1-c1cccc([C@H](C)N(CCCC(=O)NCCS(N)(=O)=O)S(=O)(=O)c2cccc(Cl)c2C)c1. The maximum absolute atomic E-state index is 14.1. The van der Waals surface area contributed by atoms with Gasteiger partial charge in [-0.15, -0.1) is 0 Å². The number of esters is 1. The Kier molecular flexibility index (Phi) is 11.8. The number of hydrogen-bond acceptors (Lipinski definition) is 8. The monoisotopic (exact) mass is 650 g/mol. The van der Waals surface area contributed by atoms with Crippen LogP contribution in [0.2, 0.25) is 5.02 Å². The van der Waals surface area contributed by atoms with E-state index in [2.05, 4.69) is 10.3 Å². The summed E-state index contributed by atoms with van der Waals surface area (Å²) >= 11 is 6.27. The lowest BCUT2D eigenvalue weighted by atomic mass is 9.98. The molecule has 0 saturated heterocycles. The fourth-order valence-electron chi connectivity index (χ4n) is 4.47. The second kappa shape index (κ2) is 14.9. The topological polar surface area (TPSA) is 166 Å². The summed E-state index contributed by atoms with van der Waals surface area (Å²) in [6.07, 6.45) is 3.37. The van der Waals surface area contributed by atoms with Crippen LogP contribution in [0.15, 0.2) is 65.8 Å². The van der Waals surface area contributed by atoms with Crippen molar-refractivity contribution in [1.82, 2.24) is 14.6 Å². The Morgan fingerprint density at radius 1 is 1.12 bits per heavy atom. The normalized spacial score (nSPS) is 12.6. The van der Waals surface area contributed by atoms with Gasteiger partial charge in [-0.3, -0.25) is 14.6 Å². The molecule has 1 aromatic heterocycles. The molecule has 1 amide bonds. The first-order chi connectivity index (χ1) is 20.2. The van der Waals surface area contributed by atoms with E-state index in [4.69, 9.17) is 21.5 Å². The van der Waals surface area contributed by atoms with E-state index in [9.17, 15) is 26.4 Å². The summed E-state index contributed by atoms with van der Waals surface area (Å²) in [5.41, 5.74) is 3.34. The summed E-state index contributed by atoms with van der Waals surface area (Å²) in [5.74, 6) is -1.25. The molecule has 3 N–H and O–H groups in total. The first-order valence-electron chi connectivity index (χ1n) is 13.4. The second-order valence-corrected chi connectivity index (χ2v) is 13.9. The van der Waals surface area contributed by atoms with Crippen LogP contribution in [-0.2, 0) is 41.0 Å². The number of carbonyl (C=O) groups excluding carboxylic acids is 2. The Hall–Kier alpha value is -3.36. The average molecular weight is 651 g/mol. The highest BCUT2D eigenvalue weighted by Gasteiger charge is 2.31. The van der Waals surface area contributed by atoms with Crippen molar-refractivity contribution in [2.75, 3.05) is 18.8 Å². The standard InChI is InChI=1S/C29H35ClN4O7S2/c1-20-27(30)9-5-10-28(20)43(39,40)34(15-6-11-29(36)33-14-16-42(31,37)38)21(2)23-7-4-8-24(17-23)26-12-13-32-18-25(26)19-41-22(3)35/h4-5,7-10,12-13,17-18,21H,6,11,14-16,19H2,1-3H3,(H,33,36)(H2,31,37,38)/t21-/m0/s1. The van der Waals surface area contributed by atoms with Gasteiger partial charge in [0.1, 0.15) is 6.61 Å². The Labute approximate surface area is 257 Å². The number of nitrogens with zero attached hydrogens (tertiary/aromatic N) is 2. The maximum atomic E-state index is 14.1. The molecule has 11 nitrogen and oxygen atoms in total. The van der Waals surface area contributed by atoms with Crippen LogP contribution < -0.4 is 10.5 Å². The lowest BCUT2D eigenvalue weighted by Crippen LogP contribution is -2.36. The number of halogens is 1. The average Bonchev–Trinajstić information content (AvgIpc) is 2.94. The van der Waals surface area contributed by atoms with Crippen LogP contribution in [0.3, 0.4) is 0 Å². The number of sulfonamides is 2. The van der Waals surface area contributed by atoms with Gasteiger partial charge in [0.2, 0.25) is 26.0 Å². The Morgan fingerprint density at radius 2 is 1.84 bits per heavy atom. The Balaban J connectivity index is 1.93. The van der Waals surface area contributed by atoms with E-state index < -0.39 is 43.7 Å². The van der Waals surface area contributed by atoms with Crippen LogP contribution in [0.5, 0.6) is 0 Å². The lowest BCUT2D eigenvalue weighted by molar-refractivity contribution is -0.142. The molecule has 0 saturated carbocycles. The highest BCUT2D eigenvalue weighted by molar-refractivity contribution is 7.89. The molecule has 3 rings (SSSR count). The van der Waals surface area contributed by atoms with Gasteiger partial charge in [0.25, 0.3) is 0 Å². The van der Waals surface area contributed by atoms with E-state index >= 15 is 0 Å². The minimum absolute atomic E-state index is 0.00472. The highest BCUT2D eigenvalue weighted by Crippen LogP contribution is 2.34. The summed E-state index contributed by atoms with van der Waals surface area (Å²) in [7, 11) is -7.81. The van der Waals surface area contributed by atoms with Gasteiger partial charge in [-0.05, 0) is 66.8 Å².